The highest BCUT2D eigenvalue weighted by Crippen LogP contribution is 2.06. The molecule has 0 bridgehead atoms. The molecule has 0 heterocycles. The van der Waals surface area contributed by atoms with Gasteiger partial charge in [0.25, 0.3) is 6.43 Å². The molecule has 0 saturated heterocycles. The number of Topliss-reactive ketones (excluding diaryl/α,β-unsaturated/α-hetero) is 1. The second-order valence-electron chi connectivity index (χ2n) is 1.79. The maximum absolute atomic E-state index is 11.7. The smallest absolute Gasteiger partial charge is 0.331 e. The second kappa shape index (κ2) is 4.38. The molecule has 0 aromatic heterocycles. The predicted octanol–water partition coefficient (Wildman–Crippen LogP) is 0.133. The van der Waals surface area contributed by atoms with E-state index in [1.165, 1.54) is 0 Å². The summed E-state index contributed by atoms with van der Waals surface area (Å²) in [5, 5.41) is 8.14. The van der Waals surface area contributed by atoms with Crippen LogP contribution in [0, 0.1) is 17.2 Å². The Morgan fingerprint density at radius 1 is 1.50 bits per heavy atom. The SMILES string of the molecule is COC(=O)C(C#N)C(=O)C(F)F. The van der Waals surface area contributed by atoms with Crippen molar-refractivity contribution in [3.8, 4) is 6.07 Å². The monoisotopic (exact) mass is 177 g/mol. The summed E-state index contributed by atoms with van der Waals surface area (Å²) in [6, 6.07) is 1.13. The van der Waals surface area contributed by atoms with E-state index < -0.39 is 24.1 Å². The van der Waals surface area contributed by atoms with Crippen molar-refractivity contribution >= 4 is 11.8 Å². The molecule has 0 aromatic rings. The van der Waals surface area contributed by atoms with Crippen molar-refractivity contribution in [2.45, 2.75) is 6.43 Å². The molecule has 0 aliphatic rings. The molecule has 0 aromatic carbocycles. The van der Waals surface area contributed by atoms with E-state index in [2.05, 4.69) is 4.74 Å². The third-order valence-corrected chi connectivity index (χ3v) is 1.07. The molecule has 0 radical (unpaired) electrons. The van der Waals surface area contributed by atoms with Crippen LogP contribution in [0.5, 0.6) is 0 Å². The number of esters is 1. The summed E-state index contributed by atoms with van der Waals surface area (Å²) in [7, 11) is 0.908. The topological polar surface area (TPSA) is 67.2 Å². The molecule has 0 fully saturated rings. The molecule has 1 atom stereocenters. The molecule has 12 heavy (non-hydrogen) atoms. The number of ketones is 1. The van der Waals surface area contributed by atoms with E-state index in [0.717, 1.165) is 13.2 Å². The van der Waals surface area contributed by atoms with Gasteiger partial charge in [0, 0.05) is 0 Å². The lowest BCUT2D eigenvalue weighted by molar-refractivity contribution is -0.150. The van der Waals surface area contributed by atoms with Crippen LogP contribution in [-0.2, 0) is 14.3 Å². The fraction of sp³-hybridized carbons (Fsp3) is 0.500. The Hall–Kier alpha value is -1.51. The van der Waals surface area contributed by atoms with Crippen LogP contribution >= 0.6 is 0 Å². The Morgan fingerprint density at radius 2 is 2.00 bits per heavy atom. The number of halogens is 2. The Bertz CT molecular complexity index is 233. The number of nitriles is 1. The van der Waals surface area contributed by atoms with Crippen molar-refractivity contribution in [1.82, 2.24) is 0 Å². The Kier molecular flexibility index (Phi) is 3.83. The van der Waals surface area contributed by atoms with Gasteiger partial charge in [0.15, 0.2) is 0 Å². The molecule has 0 saturated carbocycles. The zero-order valence-corrected chi connectivity index (χ0v) is 6.08. The summed E-state index contributed by atoms with van der Waals surface area (Å²) >= 11 is 0. The summed E-state index contributed by atoms with van der Waals surface area (Å²) in [4.78, 5) is 20.9. The number of alkyl halides is 2. The number of ether oxygens (including phenoxy) is 1. The first-order valence-corrected chi connectivity index (χ1v) is 2.84. The minimum atomic E-state index is -3.33. The molecule has 0 amide bonds. The summed E-state index contributed by atoms with van der Waals surface area (Å²) < 4.78 is 27.3. The second-order valence-corrected chi connectivity index (χ2v) is 1.79. The molecular weight excluding hydrogens is 172 g/mol. The summed E-state index contributed by atoms with van der Waals surface area (Å²) in [6.45, 7) is 0. The molecule has 0 N–H and O–H groups in total. The molecule has 0 spiro atoms. The van der Waals surface area contributed by atoms with Gasteiger partial charge in [-0.2, -0.15) is 5.26 Å². The summed E-state index contributed by atoms with van der Waals surface area (Å²) in [5.74, 6) is -5.01. The molecule has 1 unspecified atom stereocenters. The highest BCUT2D eigenvalue weighted by molar-refractivity contribution is 6.03. The molecular formula is C6H5F2NO3. The summed E-state index contributed by atoms with van der Waals surface area (Å²) in [6.07, 6.45) is -3.33. The van der Waals surface area contributed by atoms with Crippen LogP contribution in [-0.4, -0.2) is 25.3 Å². The van der Waals surface area contributed by atoms with Crippen LogP contribution in [0.4, 0.5) is 8.78 Å². The fourth-order valence-corrected chi connectivity index (χ4v) is 0.476. The fourth-order valence-electron chi connectivity index (χ4n) is 0.476. The van der Waals surface area contributed by atoms with Crippen LogP contribution in [0.2, 0.25) is 0 Å². The van der Waals surface area contributed by atoms with Crippen LogP contribution in [0.1, 0.15) is 0 Å². The van der Waals surface area contributed by atoms with Gasteiger partial charge in [0.1, 0.15) is 0 Å². The molecule has 6 heteroatoms. The van der Waals surface area contributed by atoms with Crippen LogP contribution in [0.15, 0.2) is 0 Å². The zero-order chi connectivity index (χ0) is 9.72. The van der Waals surface area contributed by atoms with Crippen LogP contribution < -0.4 is 0 Å². The third kappa shape index (κ3) is 2.27. The maximum Gasteiger partial charge on any atom is 0.331 e. The van der Waals surface area contributed by atoms with Crippen LogP contribution in [0.25, 0.3) is 0 Å². The third-order valence-electron chi connectivity index (χ3n) is 1.07. The van der Waals surface area contributed by atoms with Crippen molar-refractivity contribution in [1.29, 1.82) is 5.26 Å². The molecule has 0 aliphatic heterocycles. The highest BCUT2D eigenvalue weighted by atomic mass is 19.3. The number of carbonyl (C=O) groups is 2. The lowest BCUT2D eigenvalue weighted by Gasteiger charge is -2.03. The quantitative estimate of drug-likeness (QED) is 0.454. The number of carbonyl (C=O) groups excluding carboxylic acids is 2. The van der Waals surface area contributed by atoms with Crippen LogP contribution in [0.3, 0.4) is 0 Å². The van der Waals surface area contributed by atoms with Gasteiger partial charge in [-0.1, -0.05) is 0 Å². The van der Waals surface area contributed by atoms with Crippen molar-refractivity contribution in [2.75, 3.05) is 7.11 Å². The zero-order valence-electron chi connectivity index (χ0n) is 6.08. The lowest BCUT2D eigenvalue weighted by Crippen LogP contribution is -2.28. The van der Waals surface area contributed by atoms with E-state index in [1.807, 2.05) is 0 Å². The van der Waals surface area contributed by atoms with E-state index in [4.69, 9.17) is 5.26 Å². The average molecular weight is 177 g/mol. The van der Waals surface area contributed by atoms with E-state index in [1.54, 1.807) is 0 Å². The van der Waals surface area contributed by atoms with Gasteiger partial charge < -0.3 is 4.74 Å². The summed E-state index contributed by atoms with van der Waals surface area (Å²) in [5.41, 5.74) is 0. The molecule has 0 aliphatic carbocycles. The number of rotatable bonds is 3. The van der Waals surface area contributed by atoms with E-state index in [-0.39, 0.29) is 0 Å². The average Bonchev–Trinajstić information content (AvgIpc) is 2.05. The highest BCUT2D eigenvalue weighted by Gasteiger charge is 2.33. The van der Waals surface area contributed by atoms with Gasteiger partial charge in [0.2, 0.25) is 11.7 Å². The Labute approximate surface area is 66.7 Å². The van der Waals surface area contributed by atoms with Crippen molar-refractivity contribution in [3.05, 3.63) is 0 Å². The van der Waals surface area contributed by atoms with Crippen molar-refractivity contribution < 1.29 is 23.1 Å². The minimum Gasteiger partial charge on any atom is -0.468 e. The Morgan fingerprint density at radius 3 is 2.25 bits per heavy atom. The number of nitrogens with zero attached hydrogens (tertiary/aromatic N) is 1. The molecule has 66 valence electrons. The van der Waals surface area contributed by atoms with Gasteiger partial charge in [-0.15, -0.1) is 0 Å². The van der Waals surface area contributed by atoms with Crippen molar-refractivity contribution in [2.24, 2.45) is 5.92 Å². The first-order valence-electron chi connectivity index (χ1n) is 2.84. The first-order chi connectivity index (χ1) is 5.54. The van der Waals surface area contributed by atoms with Gasteiger partial charge in [-0.05, 0) is 0 Å². The van der Waals surface area contributed by atoms with Gasteiger partial charge in [0.05, 0.1) is 13.2 Å². The standard InChI is InChI=1S/C6H5F2NO3/c1-12-6(11)3(2-9)4(10)5(7)8/h3,5H,1H3. The Balaban J connectivity index is 4.49. The van der Waals surface area contributed by atoms with Gasteiger partial charge in [-0.3, -0.25) is 9.59 Å². The number of hydrogen-bond donors (Lipinski definition) is 0. The van der Waals surface area contributed by atoms with E-state index in [0.29, 0.717) is 0 Å². The van der Waals surface area contributed by atoms with Gasteiger partial charge >= 0.3 is 5.97 Å². The normalized spacial score (nSPS) is 11.9. The van der Waals surface area contributed by atoms with Crippen molar-refractivity contribution in [3.63, 3.8) is 0 Å². The minimum absolute atomic E-state index is 0.908. The predicted molar refractivity (Wildman–Crippen MR) is 32.1 cm³/mol. The largest absolute Gasteiger partial charge is 0.468 e. The lowest BCUT2D eigenvalue weighted by atomic mass is 10.1. The molecule has 0 rings (SSSR count). The van der Waals surface area contributed by atoms with Gasteiger partial charge in [-0.25, -0.2) is 8.78 Å². The van der Waals surface area contributed by atoms with E-state index in [9.17, 15) is 18.4 Å². The maximum atomic E-state index is 11.7. The van der Waals surface area contributed by atoms with E-state index >= 15 is 0 Å². The number of methoxy groups -OCH3 is 1. The number of hydrogen-bond acceptors (Lipinski definition) is 4. The molecule has 4 nitrogen and oxygen atoms in total. The first kappa shape index (κ1) is 10.5.